The number of carbonyl (C=O) groups is 2. The molecule has 0 unspecified atom stereocenters. The van der Waals surface area contributed by atoms with E-state index < -0.39 is 0 Å². The predicted molar refractivity (Wildman–Crippen MR) is 95.6 cm³/mol. The molecule has 0 bridgehead atoms. The van der Waals surface area contributed by atoms with E-state index in [1.165, 1.54) is 12.5 Å². The van der Waals surface area contributed by atoms with E-state index in [1.807, 2.05) is 53.4 Å². The van der Waals surface area contributed by atoms with Crippen LogP contribution >= 0.6 is 0 Å². The third-order valence-electron chi connectivity index (χ3n) is 4.34. The van der Waals surface area contributed by atoms with Crippen LogP contribution in [0.2, 0.25) is 0 Å². The summed E-state index contributed by atoms with van der Waals surface area (Å²) in [7, 11) is 0. The Kier molecular flexibility index (Phi) is 5.33. The molecule has 0 radical (unpaired) electrons. The lowest BCUT2D eigenvalue weighted by Crippen LogP contribution is -2.38. The lowest BCUT2D eigenvalue weighted by molar-refractivity contribution is -0.131. The average molecular weight is 338 g/mol. The van der Waals surface area contributed by atoms with Crippen LogP contribution in [0.4, 0.5) is 0 Å². The van der Waals surface area contributed by atoms with Gasteiger partial charge in [0.15, 0.2) is 0 Å². The minimum Gasteiger partial charge on any atom is -0.457 e. The highest BCUT2D eigenvalue weighted by atomic mass is 16.5. The fraction of sp³-hybridized carbons (Fsp3) is 0.300. The summed E-state index contributed by atoms with van der Waals surface area (Å²) in [5.41, 5.74) is 1.17. The highest BCUT2D eigenvalue weighted by Crippen LogP contribution is 2.30. The molecule has 2 aromatic carbocycles. The predicted octanol–water partition coefficient (Wildman–Crippen LogP) is 2.93. The number of amides is 2. The number of carbonyl (C=O) groups excluding carboxylic acids is 2. The van der Waals surface area contributed by atoms with Gasteiger partial charge in [-0.25, -0.2) is 0 Å². The van der Waals surface area contributed by atoms with Crippen LogP contribution in [0.25, 0.3) is 0 Å². The van der Waals surface area contributed by atoms with Crippen molar-refractivity contribution in [2.45, 2.75) is 19.3 Å². The van der Waals surface area contributed by atoms with Crippen molar-refractivity contribution >= 4 is 11.8 Å². The molecule has 0 saturated carbocycles. The van der Waals surface area contributed by atoms with Crippen LogP contribution < -0.4 is 10.1 Å². The second kappa shape index (κ2) is 7.83. The molecule has 130 valence electrons. The van der Waals surface area contributed by atoms with Crippen LogP contribution in [0.15, 0.2) is 54.6 Å². The van der Waals surface area contributed by atoms with Gasteiger partial charge in [-0.3, -0.25) is 9.59 Å². The van der Waals surface area contributed by atoms with Crippen LogP contribution in [0.1, 0.15) is 24.8 Å². The summed E-state index contributed by atoms with van der Waals surface area (Å²) >= 11 is 0. The number of rotatable bonds is 5. The van der Waals surface area contributed by atoms with Crippen molar-refractivity contribution < 1.29 is 14.3 Å². The first kappa shape index (κ1) is 17.0. The Balaban J connectivity index is 1.62. The topological polar surface area (TPSA) is 58.6 Å². The first-order chi connectivity index (χ1) is 12.1. The van der Waals surface area contributed by atoms with E-state index in [9.17, 15) is 9.59 Å². The van der Waals surface area contributed by atoms with E-state index in [4.69, 9.17) is 4.74 Å². The zero-order chi connectivity index (χ0) is 17.6. The van der Waals surface area contributed by atoms with Gasteiger partial charge in [-0.2, -0.15) is 0 Å². The molecule has 0 aliphatic carbocycles. The third-order valence-corrected chi connectivity index (χ3v) is 4.34. The van der Waals surface area contributed by atoms with Crippen molar-refractivity contribution in [3.63, 3.8) is 0 Å². The lowest BCUT2D eigenvalue weighted by Gasteiger charge is -2.17. The van der Waals surface area contributed by atoms with Crippen molar-refractivity contribution in [3.8, 4) is 11.5 Å². The van der Waals surface area contributed by atoms with Crippen molar-refractivity contribution in [1.29, 1.82) is 0 Å². The molecule has 1 aliphatic heterocycles. The molecule has 25 heavy (non-hydrogen) atoms. The second-order valence-electron chi connectivity index (χ2n) is 6.22. The SMILES string of the molecule is CC(=O)NCC(=O)N1CC[C@H](c2cccc(Oc3ccccc3)c2)C1. The minimum atomic E-state index is -0.185. The molecular formula is C20H22N2O3. The molecule has 5 heteroatoms. The second-order valence-corrected chi connectivity index (χ2v) is 6.22. The number of nitrogens with one attached hydrogen (secondary N) is 1. The molecule has 3 rings (SSSR count). The van der Waals surface area contributed by atoms with Crippen molar-refractivity contribution in [1.82, 2.24) is 10.2 Å². The monoisotopic (exact) mass is 338 g/mol. The normalized spacial score (nSPS) is 16.5. The maximum atomic E-state index is 12.1. The average Bonchev–Trinajstić information content (AvgIpc) is 3.11. The summed E-state index contributed by atoms with van der Waals surface area (Å²) in [6.45, 7) is 2.87. The van der Waals surface area contributed by atoms with Gasteiger partial charge in [-0.15, -0.1) is 0 Å². The molecule has 1 heterocycles. The zero-order valence-electron chi connectivity index (χ0n) is 14.3. The number of benzene rings is 2. The van der Waals surface area contributed by atoms with Crippen LogP contribution in [0.5, 0.6) is 11.5 Å². The molecule has 1 saturated heterocycles. The van der Waals surface area contributed by atoms with E-state index in [-0.39, 0.29) is 18.4 Å². The Morgan fingerprint density at radius 2 is 1.88 bits per heavy atom. The molecule has 1 fully saturated rings. The molecule has 1 N–H and O–H groups in total. The van der Waals surface area contributed by atoms with E-state index in [1.54, 1.807) is 0 Å². The third kappa shape index (κ3) is 4.59. The fourth-order valence-corrected chi connectivity index (χ4v) is 3.03. The first-order valence-electron chi connectivity index (χ1n) is 8.47. The highest BCUT2D eigenvalue weighted by molar-refractivity contribution is 5.83. The molecule has 1 atom stereocenters. The van der Waals surface area contributed by atoms with Gasteiger partial charge in [0.05, 0.1) is 6.54 Å². The molecule has 0 aromatic heterocycles. The Labute approximate surface area is 147 Å². The maximum Gasteiger partial charge on any atom is 0.241 e. The molecule has 5 nitrogen and oxygen atoms in total. The van der Waals surface area contributed by atoms with Gasteiger partial charge in [0.1, 0.15) is 11.5 Å². The number of likely N-dealkylation sites (tertiary alicyclic amines) is 1. The van der Waals surface area contributed by atoms with Gasteiger partial charge >= 0.3 is 0 Å². The lowest BCUT2D eigenvalue weighted by atomic mass is 9.98. The number of ether oxygens (including phenoxy) is 1. The van der Waals surface area contributed by atoms with Gasteiger partial charge in [-0.1, -0.05) is 30.3 Å². The van der Waals surface area contributed by atoms with Gasteiger partial charge < -0.3 is 15.0 Å². The number of hydrogen-bond donors (Lipinski definition) is 1. The first-order valence-corrected chi connectivity index (χ1v) is 8.47. The van der Waals surface area contributed by atoms with Gasteiger partial charge in [0.25, 0.3) is 0 Å². The van der Waals surface area contributed by atoms with Crippen LogP contribution in [0, 0.1) is 0 Å². The van der Waals surface area contributed by atoms with E-state index >= 15 is 0 Å². The molecule has 2 amide bonds. The molecular weight excluding hydrogens is 316 g/mol. The Bertz CT molecular complexity index is 746. The van der Waals surface area contributed by atoms with Crippen molar-refractivity contribution in [2.75, 3.05) is 19.6 Å². The Morgan fingerprint density at radius 3 is 2.64 bits per heavy atom. The van der Waals surface area contributed by atoms with Crippen molar-refractivity contribution in [2.24, 2.45) is 0 Å². The Morgan fingerprint density at radius 1 is 1.12 bits per heavy atom. The number of nitrogens with zero attached hydrogens (tertiary/aromatic N) is 1. The minimum absolute atomic E-state index is 0.0330. The Hall–Kier alpha value is -2.82. The summed E-state index contributed by atoms with van der Waals surface area (Å²) < 4.78 is 5.89. The van der Waals surface area contributed by atoms with Gasteiger partial charge in [-0.05, 0) is 36.2 Å². The van der Waals surface area contributed by atoms with E-state index in [0.29, 0.717) is 19.0 Å². The van der Waals surface area contributed by atoms with Gasteiger partial charge in [0, 0.05) is 25.9 Å². The van der Waals surface area contributed by atoms with Crippen LogP contribution in [0.3, 0.4) is 0 Å². The van der Waals surface area contributed by atoms with Crippen LogP contribution in [-0.4, -0.2) is 36.3 Å². The molecule has 1 aliphatic rings. The zero-order valence-corrected chi connectivity index (χ0v) is 14.3. The fourth-order valence-electron chi connectivity index (χ4n) is 3.03. The molecule has 0 spiro atoms. The van der Waals surface area contributed by atoms with E-state index in [2.05, 4.69) is 11.4 Å². The quantitative estimate of drug-likeness (QED) is 0.912. The summed E-state index contributed by atoms with van der Waals surface area (Å²) in [6.07, 6.45) is 0.917. The summed E-state index contributed by atoms with van der Waals surface area (Å²) in [5, 5.41) is 2.56. The largest absolute Gasteiger partial charge is 0.457 e. The summed E-state index contributed by atoms with van der Waals surface area (Å²) in [4.78, 5) is 24.9. The smallest absolute Gasteiger partial charge is 0.241 e. The summed E-state index contributed by atoms with van der Waals surface area (Å²) in [6, 6.07) is 17.7. The standard InChI is InChI=1S/C20H22N2O3/c1-15(23)21-13-20(24)22-11-10-17(14-22)16-6-5-9-19(12-16)25-18-7-3-2-4-8-18/h2-9,12,17H,10-11,13-14H2,1H3,(H,21,23)/t17-/m0/s1. The van der Waals surface area contributed by atoms with Crippen LogP contribution in [-0.2, 0) is 9.59 Å². The summed E-state index contributed by atoms with van der Waals surface area (Å²) in [5.74, 6) is 1.68. The number of hydrogen-bond acceptors (Lipinski definition) is 3. The maximum absolute atomic E-state index is 12.1. The van der Waals surface area contributed by atoms with E-state index in [0.717, 1.165) is 17.9 Å². The number of para-hydroxylation sites is 1. The molecule has 2 aromatic rings. The van der Waals surface area contributed by atoms with Gasteiger partial charge in [0.2, 0.25) is 11.8 Å². The highest BCUT2D eigenvalue weighted by Gasteiger charge is 2.27. The van der Waals surface area contributed by atoms with Crippen molar-refractivity contribution in [3.05, 3.63) is 60.2 Å².